The Morgan fingerprint density at radius 3 is 2.31 bits per heavy atom. The molecule has 0 unspecified atom stereocenters. The maximum Gasteiger partial charge on any atom is 0.278 e. The second-order valence-electron chi connectivity index (χ2n) is 6.15. The lowest BCUT2D eigenvalue weighted by Gasteiger charge is -2.12. The monoisotopic (exact) mass is 388 g/mol. The third-order valence-electron chi connectivity index (χ3n) is 4.46. The Balaban J connectivity index is 2.13. The normalized spacial score (nSPS) is 14.4. The molecule has 1 aliphatic rings. The maximum absolute atomic E-state index is 12.8. The number of halogens is 2. The fraction of sp³-hybridized carbons (Fsp3) is 0.200. The summed E-state index contributed by atoms with van der Waals surface area (Å²) in [5.74, 6) is -0.732. The zero-order valence-corrected chi connectivity index (χ0v) is 16.2. The predicted molar refractivity (Wildman–Crippen MR) is 105 cm³/mol. The van der Waals surface area contributed by atoms with Crippen molar-refractivity contribution in [1.29, 1.82) is 0 Å². The highest BCUT2D eigenvalue weighted by atomic mass is 35.5. The molecule has 0 aromatic heterocycles. The summed E-state index contributed by atoms with van der Waals surface area (Å²) in [5.41, 5.74) is 3.95. The van der Waals surface area contributed by atoms with Crippen molar-refractivity contribution in [2.75, 3.05) is 11.9 Å². The summed E-state index contributed by atoms with van der Waals surface area (Å²) in [4.78, 5) is 26.8. The maximum atomic E-state index is 12.8. The second-order valence-corrected chi connectivity index (χ2v) is 7.00. The van der Waals surface area contributed by atoms with E-state index < -0.39 is 0 Å². The number of carbonyl (C=O) groups excluding carboxylic acids is 2. The predicted octanol–water partition coefficient (Wildman–Crippen LogP) is 4.82. The van der Waals surface area contributed by atoms with E-state index in [0.29, 0.717) is 15.6 Å². The number of carbonyl (C=O) groups is 2. The number of hydrogen-bond acceptors (Lipinski definition) is 3. The fourth-order valence-corrected chi connectivity index (χ4v) is 3.39. The van der Waals surface area contributed by atoms with E-state index in [2.05, 4.69) is 5.32 Å². The van der Waals surface area contributed by atoms with Crippen molar-refractivity contribution in [3.05, 3.63) is 68.8 Å². The Morgan fingerprint density at radius 1 is 0.962 bits per heavy atom. The third-order valence-corrected chi connectivity index (χ3v) is 5.01. The van der Waals surface area contributed by atoms with Crippen LogP contribution in [0.5, 0.6) is 0 Å². The molecule has 0 saturated heterocycles. The molecule has 0 aliphatic carbocycles. The van der Waals surface area contributed by atoms with Gasteiger partial charge >= 0.3 is 0 Å². The number of benzene rings is 2. The Hall–Kier alpha value is -2.30. The Bertz CT molecular complexity index is 951. The summed E-state index contributed by atoms with van der Waals surface area (Å²) in [6, 6.07) is 10.7. The van der Waals surface area contributed by atoms with E-state index >= 15 is 0 Å². The van der Waals surface area contributed by atoms with Gasteiger partial charge < -0.3 is 5.32 Å². The average molecular weight is 389 g/mol. The van der Waals surface area contributed by atoms with Gasteiger partial charge in [-0.25, -0.2) is 0 Å². The second kappa shape index (κ2) is 7.14. The summed E-state index contributed by atoms with van der Waals surface area (Å²) in [7, 11) is 0. The van der Waals surface area contributed by atoms with Gasteiger partial charge in [-0.2, -0.15) is 0 Å². The molecule has 0 bridgehead atoms. The van der Waals surface area contributed by atoms with Gasteiger partial charge in [-0.1, -0.05) is 35.3 Å². The van der Waals surface area contributed by atoms with Gasteiger partial charge in [0.15, 0.2) is 0 Å². The van der Waals surface area contributed by atoms with Gasteiger partial charge in [0, 0.05) is 22.8 Å². The number of imide groups is 1. The molecule has 2 aromatic rings. The minimum atomic E-state index is -0.368. The minimum Gasteiger partial charge on any atom is -0.350 e. The van der Waals surface area contributed by atoms with Crippen LogP contribution in [0.15, 0.2) is 42.1 Å². The first-order valence-corrected chi connectivity index (χ1v) is 8.99. The molecular weight excluding hydrogens is 371 g/mol. The van der Waals surface area contributed by atoms with Crippen molar-refractivity contribution in [1.82, 2.24) is 4.90 Å². The Kier molecular flexibility index (Phi) is 5.08. The van der Waals surface area contributed by atoms with Crippen molar-refractivity contribution in [3.8, 4) is 0 Å². The van der Waals surface area contributed by atoms with E-state index in [1.54, 1.807) is 25.1 Å². The Morgan fingerprint density at radius 2 is 1.69 bits per heavy atom. The summed E-state index contributed by atoms with van der Waals surface area (Å²) in [5, 5.41) is 3.91. The first-order chi connectivity index (χ1) is 12.3. The Labute approximate surface area is 162 Å². The van der Waals surface area contributed by atoms with E-state index in [-0.39, 0.29) is 29.6 Å². The lowest BCUT2D eigenvalue weighted by atomic mass is 10.0. The van der Waals surface area contributed by atoms with Crippen LogP contribution in [0.1, 0.15) is 23.6 Å². The van der Waals surface area contributed by atoms with E-state index in [1.807, 2.05) is 32.0 Å². The van der Waals surface area contributed by atoms with Crippen LogP contribution in [-0.2, 0) is 9.59 Å². The zero-order valence-electron chi connectivity index (χ0n) is 14.7. The van der Waals surface area contributed by atoms with Gasteiger partial charge in [0.2, 0.25) is 0 Å². The average Bonchev–Trinajstić information content (AvgIpc) is 2.81. The van der Waals surface area contributed by atoms with Crippen LogP contribution in [0, 0.1) is 13.8 Å². The molecule has 0 fully saturated rings. The number of amides is 2. The molecule has 134 valence electrons. The summed E-state index contributed by atoms with van der Waals surface area (Å²) < 4.78 is 0. The molecule has 1 N–H and O–H groups in total. The quantitative estimate of drug-likeness (QED) is 0.763. The minimum absolute atomic E-state index is 0.226. The van der Waals surface area contributed by atoms with Crippen molar-refractivity contribution >= 4 is 46.3 Å². The SMILES string of the molecule is CCN1C(=O)C(Nc2ccc(C)c(C)c2)=C(c2ccc(Cl)cc2Cl)C1=O. The molecule has 26 heavy (non-hydrogen) atoms. The summed E-state index contributed by atoms with van der Waals surface area (Å²) >= 11 is 12.3. The standard InChI is InChI=1S/C20H18Cl2N2O2/c1-4-24-19(25)17(15-8-6-13(21)10-16(15)22)18(20(24)26)23-14-7-5-11(2)12(3)9-14/h5-10,23H,4H2,1-3H3. The van der Waals surface area contributed by atoms with Gasteiger partial charge in [0.05, 0.1) is 10.6 Å². The summed E-state index contributed by atoms with van der Waals surface area (Å²) in [6.45, 7) is 6.05. The van der Waals surface area contributed by atoms with Crippen molar-refractivity contribution in [3.63, 3.8) is 0 Å². The highest BCUT2D eigenvalue weighted by Crippen LogP contribution is 2.35. The lowest BCUT2D eigenvalue weighted by Crippen LogP contribution is -2.32. The summed E-state index contributed by atoms with van der Waals surface area (Å²) in [6.07, 6.45) is 0. The van der Waals surface area contributed by atoms with Crippen LogP contribution in [0.2, 0.25) is 10.0 Å². The van der Waals surface area contributed by atoms with E-state index in [4.69, 9.17) is 23.2 Å². The topological polar surface area (TPSA) is 49.4 Å². The van der Waals surface area contributed by atoms with Crippen LogP contribution in [0.4, 0.5) is 5.69 Å². The molecule has 2 amide bonds. The van der Waals surface area contributed by atoms with Gasteiger partial charge in [0.25, 0.3) is 11.8 Å². The van der Waals surface area contributed by atoms with Gasteiger partial charge in [-0.3, -0.25) is 14.5 Å². The molecule has 4 nitrogen and oxygen atoms in total. The van der Waals surface area contributed by atoms with Crippen LogP contribution in [-0.4, -0.2) is 23.3 Å². The molecule has 3 rings (SSSR count). The largest absolute Gasteiger partial charge is 0.350 e. The van der Waals surface area contributed by atoms with E-state index in [1.165, 1.54) is 4.90 Å². The van der Waals surface area contributed by atoms with Crippen molar-refractivity contribution < 1.29 is 9.59 Å². The van der Waals surface area contributed by atoms with E-state index in [0.717, 1.165) is 16.8 Å². The number of anilines is 1. The molecule has 0 saturated carbocycles. The van der Waals surface area contributed by atoms with Crippen LogP contribution in [0.3, 0.4) is 0 Å². The molecule has 1 aliphatic heterocycles. The number of hydrogen-bond donors (Lipinski definition) is 1. The number of nitrogens with zero attached hydrogens (tertiary/aromatic N) is 1. The molecular formula is C20H18Cl2N2O2. The number of nitrogens with one attached hydrogen (secondary N) is 1. The number of likely N-dealkylation sites (N-methyl/N-ethyl adjacent to an activating group) is 1. The first kappa shape index (κ1) is 18.5. The van der Waals surface area contributed by atoms with Crippen LogP contribution >= 0.6 is 23.2 Å². The molecule has 0 spiro atoms. The van der Waals surface area contributed by atoms with Gasteiger partial charge in [0.1, 0.15) is 5.70 Å². The molecule has 6 heteroatoms. The first-order valence-electron chi connectivity index (χ1n) is 8.23. The zero-order chi connectivity index (χ0) is 19.0. The highest BCUT2D eigenvalue weighted by molar-refractivity contribution is 6.41. The molecule has 2 aromatic carbocycles. The molecule has 0 atom stereocenters. The van der Waals surface area contributed by atoms with Crippen molar-refractivity contribution in [2.24, 2.45) is 0 Å². The van der Waals surface area contributed by atoms with Crippen molar-refractivity contribution in [2.45, 2.75) is 20.8 Å². The van der Waals surface area contributed by atoms with E-state index in [9.17, 15) is 9.59 Å². The van der Waals surface area contributed by atoms with Crippen LogP contribution < -0.4 is 5.32 Å². The molecule has 1 heterocycles. The van der Waals surface area contributed by atoms with Gasteiger partial charge in [-0.15, -0.1) is 0 Å². The van der Waals surface area contributed by atoms with Gasteiger partial charge in [-0.05, 0) is 56.2 Å². The molecule has 0 radical (unpaired) electrons. The van der Waals surface area contributed by atoms with Crippen LogP contribution in [0.25, 0.3) is 5.57 Å². The number of rotatable bonds is 4. The lowest BCUT2D eigenvalue weighted by molar-refractivity contribution is -0.136. The fourth-order valence-electron chi connectivity index (χ4n) is 2.88. The highest BCUT2D eigenvalue weighted by Gasteiger charge is 2.39. The smallest absolute Gasteiger partial charge is 0.278 e. The third kappa shape index (κ3) is 3.22. The number of aryl methyl sites for hydroxylation is 2.